The van der Waals surface area contributed by atoms with Crippen molar-refractivity contribution in [1.29, 1.82) is 0 Å². The first-order chi connectivity index (χ1) is 13.3. The molecule has 1 heterocycles. The number of benzene rings is 2. The fraction of sp³-hybridized carbons (Fsp3) is 0.348. The summed E-state index contributed by atoms with van der Waals surface area (Å²) in [5, 5.41) is 1.45. The minimum absolute atomic E-state index is 0.147. The zero-order valence-corrected chi connectivity index (χ0v) is 17.5. The molecule has 3 aromatic rings. The van der Waals surface area contributed by atoms with Crippen LogP contribution in [0.3, 0.4) is 0 Å². The van der Waals surface area contributed by atoms with Crippen LogP contribution in [0.5, 0.6) is 11.5 Å². The van der Waals surface area contributed by atoms with Gasteiger partial charge in [0.2, 0.25) is 0 Å². The van der Waals surface area contributed by atoms with E-state index in [1.54, 1.807) is 7.11 Å². The van der Waals surface area contributed by atoms with Gasteiger partial charge < -0.3 is 19.4 Å². The molecule has 0 spiro atoms. The number of hydrogen-bond acceptors (Lipinski definition) is 4. The number of aryl methyl sites for hydroxylation is 3. The Bertz CT molecular complexity index is 1040. The Morgan fingerprint density at radius 2 is 1.68 bits per heavy atom. The van der Waals surface area contributed by atoms with Gasteiger partial charge in [-0.2, -0.15) is 0 Å². The van der Waals surface area contributed by atoms with E-state index in [1.807, 2.05) is 53.1 Å². The molecule has 3 rings (SSSR count). The number of fused-ring (bicyclic) bond motifs is 1. The maximum absolute atomic E-state index is 12.7. The molecule has 0 bridgehead atoms. The number of likely N-dealkylation sites (N-methyl/N-ethyl adjacent to an activating group) is 1. The van der Waals surface area contributed by atoms with E-state index < -0.39 is 0 Å². The number of H-pyrrole nitrogens is 1. The van der Waals surface area contributed by atoms with Crippen LogP contribution in [0.4, 0.5) is 0 Å². The maximum atomic E-state index is 12.7. The number of ether oxygens (including phenoxy) is 2. The molecule has 0 saturated heterocycles. The molecule has 148 valence electrons. The van der Waals surface area contributed by atoms with Crippen molar-refractivity contribution < 1.29 is 9.47 Å². The van der Waals surface area contributed by atoms with Crippen molar-refractivity contribution in [2.45, 2.75) is 20.8 Å². The number of hydrogen-bond donors (Lipinski definition) is 1. The fourth-order valence-corrected chi connectivity index (χ4v) is 3.49. The molecular formula is C23H28N2O3. The summed E-state index contributed by atoms with van der Waals surface area (Å²) in [5.74, 6) is 1.51. The lowest BCUT2D eigenvalue weighted by atomic mass is 10.0. The van der Waals surface area contributed by atoms with Gasteiger partial charge in [0.25, 0.3) is 5.56 Å². The van der Waals surface area contributed by atoms with Crippen molar-refractivity contribution >= 4 is 10.8 Å². The van der Waals surface area contributed by atoms with Gasteiger partial charge in [-0.25, -0.2) is 0 Å². The van der Waals surface area contributed by atoms with Crippen LogP contribution in [-0.4, -0.2) is 44.2 Å². The lowest BCUT2D eigenvalue weighted by Crippen LogP contribution is -2.19. The first-order valence-corrected chi connectivity index (χ1v) is 9.41. The third-order valence-corrected chi connectivity index (χ3v) is 4.83. The van der Waals surface area contributed by atoms with Gasteiger partial charge in [-0.05, 0) is 86.8 Å². The highest BCUT2D eigenvalue weighted by molar-refractivity contribution is 5.90. The Labute approximate surface area is 165 Å². The Balaban J connectivity index is 2.04. The molecule has 5 heteroatoms. The molecule has 5 nitrogen and oxygen atoms in total. The number of rotatable bonds is 6. The van der Waals surface area contributed by atoms with Gasteiger partial charge in [-0.15, -0.1) is 0 Å². The molecule has 1 N–H and O–H groups in total. The van der Waals surface area contributed by atoms with E-state index >= 15 is 0 Å². The number of nitrogens with zero attached hydrogens (tertiary/aromatic N) is 1. The minimum atomic E-state index is -0.147. The van der Waals surface area contributed by atoms with Crippen LogP contribution in [0.15, 0.2) is 35.1 Å². The van der Waals surface area contributed by atoms with E-state index in [0.29, 0.717) is 17.7 Å². The molecule has 0 fully saturated rings. The second-order valence-corrected chi connectivity index (χ2v) is 7.53. The van der Waals surface area contributed by atoms with E-state index in [-0.39, 0.29) is 5.56 Å². The predicted molar refractivity (Wildman–Crippen MR) is 115 cm³/mol. The smallest absolute Gasteiger partial charge is 0.260 e. The van der Waals surface area contributed by atoms with Gasteiger partial charge in [0.15, 0.2) is 0 Å². The molecule has 0 aliphatic rings. The summed E-state index contributed by atoms with van der Waals surface area (Å²) in [4.78, 5) is 17.8. The molecule has 0 atom stereocenters. The van der Waals surface area contributed by atoms with Crippen LogP contribution in [-0.2, 0) is 0 Å². The van der Waals surface area contributed by atoms with Gasteiger partial charge in [0, 0.05) is 12.2 Å². The van der Waals surface area contributed by atoms with E-state index in [9.17, 15) is 4.79 Å². The predicted octanol–water partition coefficient (Wildman–Crippen LogP) is 4.07. The zero-order valence-electron chi connectivity index (χ0n) is 17.5. The Hall–Kier alpha value is -2.79. The fourth-order valence-electron chi connectivity index (χ4n) is 3.49. The van der Waals surface area contributed by atoms with Crippen molar-refractivity contribution in [3.05, 3.63) is 57.4 Å². The van der Waals surface area contributed by atoms with Crippen LogP contribution in [0.1, 0.15) is 16.7 Å². The first kappa shape index (κ1) is 20.0. The average Bonchev–Trinajstić information content (AvgIpc) is 2.62. The summed E-state index contributed by atoms with van der Waals surface area (Å²) in [5.41, 5.74) is 4.77. The highest BCUT2D eigenvalue weighted by atomic mass is 16.5. The zero-order chi connectivity index (χ0) is 20.4. The molecule has 0 radical (unpaired) electrons. The van der Waals surface area contributed by atoms with Crippen molar-refractivity contribution in [3.8, 4) is 22.8 Å². The molecular weight excluding hydrogens is 352 g/mol. The largest absolute Gasteiger partial charge is 0.496 e. The molecule has 2 aromatic carbocycles. The van der Waals surface area contributed by atoms with Crippen LogP contribution < -0.4 is 15.0 Å². The summed E-state index contributed by atoms with van der Waals surface area (Å²) in [6, 6.07) is 10.0. The third-order valence-electron chi connectivity index (χ3n) is 4.83. The van der Waals surface area contributed by atoms with E-state index in [1.165, 1.54) is 0 Å². The topological polar surface area (TPSA) is 54.6 Å². The third kappa shape index (κ3) is 4.04. The van der Waals surface area contributed by atoms with Gasteiger partial charge in [-0.1, -0.05) is 6.07 Å². The number of aromatic nitrogens is 1. The molecule has 1 aromatic heterocycles. The number of pyridine rings is 1. The average molecular weight is 380 g/mol. The number of aromatic amines is 1. The monoisotopic (exact) mass is 380 g/mol. The Kier molecular flexibility index (Phi) is 5.75. The standard InChI is InChI=1S/C23H28N2O3/c1-14-9-18-13-19(24-23(26)21(18)20(10-14)27-6)17-11-15(2)22(16(3)12-17)28-8-7-25(4)5/h9-13H,7-8H2,1-6H3,(H,24,26). The van der Waals surface area contributed by atoms with Crippen molar-refractivity contribution in [2.24, 2.45) is 0 Å². The molecule has 0 saturated carbocycles. The molecule has 0 amide bonds. The molecule has 28 heavy (non-hydrogen) atoms. The number of nitrogens with one attached hydrogen (secondary N) is 1. The van der Waals surface area contributed by atoms with Crippen LogP contribution in [0.25, 0.3) is 22.0 Å². The van der Waals surface area contributed by atoms with Gasteiger partial charge in [0.05, 0.1) is 12.5 Å². The summed E-state index contributed by atoms with van der Waals surface area (Å²) in [6.07, 6.45) is 0. The van der Waals surface area contributed by atoms with Gasteiger partial charge >= 0.3 is 0 Å². The Morgan fingerprint density at radius 1 is 1.00 bits per heavy atom. The Morgan fingerprint density at radius 3 is 2.29 bits per heavy atom. The second-order valence-electron chi connectivity index (χ2n) is 7.53. The number of methoxy groups -OCH3 is 1. The summed E-state index contributed by atoms with van der Waals surface area (Å²) < 4.78 is 11.4. The normalized spacial score (nSPS) is 11.2. The summed E-state index contributed by atoms with van der Waals surface area (Å²) >= 11 is 0. The molecule has 0 aliphatic carbocycles. The van der Waals surface area contributed by atoms with Gasteiger partial charge in [-0.3, -0.25) is 4.79 Å². The lowest BCUT2D eigenvalue weighted by molar-refractivity contribution is 0.259. The van der Waals surface area contributed by atoms with Gasteiger partial charge in [0.1, 0.15) is 18.1 Å². The highest BCUT2D eigenvalue weighted by Gasteiger charge is 2.13. The van der Waals surface area contributed by atoms with Crippen molar-refractivity contribution in [2.75, 3.05) is 34.4 Å². The molecule has 0 unspecified atom stereocenters. The highest BCUT2D eigenvalue weighted by Crippen LogP contribution is 2.31. The SMILES string of the molecule is COc1cc(C)cc2cc(-c3cc(C)c(OCCN(C)C)c(C)c3)[nH]c(=O)c12. The molecule has 0 aliphatic heterocycles. The summed E-state index contributed by atoms with van der Waals surface area (Å²) in [7, 11) is 5.64. The van der Waals surface area contributed by atoms with Crippen LogP contribution in [0, 0.1) is 20.8 Å². The quantitative estimate of drug-likeness (QED) is 0.700. The van der Waals surface area contributed by atoms with E-state index in [2.05, 4.69) is 22.0 Å². The maximum Gasteiger partial charge on any atom is 0.260 e. The second kappa shape index (κ2) is 8.07. The van der Waals surface area contributed by atoms with Crippen molar-refractivity contribution in [1.82, 2.24) is 9.88 Å². The van der Waals surface area contributed by atoms with E-state index in [4.69, 9.17) is 9.47 Å². The van der Waals surface area contributed by atoms with Crippen LogP contribution in [0.2, 0.25) is 0 Å². The van der Waals surface area contributed by atoms with Crippen molar-refractivity contribution in [3.63, 3.8) is 0 Å². The minimum Gasteiger partial charge on any atom is -0.496 e. The lowest BCUT2D eigenvalue weighted by Gasteiger charge is -2.16. The summed E-state index contributed by atoms with van der Waals surface area (Å²) in [6.45, 7) is 7.57. The van der Waals surface area contributed by atoms with E-state index in [0.717, 1.165) is 45.6 Å². The first-order valence-electron chi connectivity index (χ1n) is 9.41. The van der Waals surface area contributed by atoms with Crippen LogP contribution >= 0.6 is 0 Å².